The van der Waals surface area contributed by atoms with Crippen molar-refractivity contribution in [2.75, 3.05) is 16.4 Å². The number of fused-ring (bicyclic) bond motifs is 1. The summed E-state index contributed by atoms with van der Waals surface area (Å²) in [6.07, 6.45) is 0.800. The fraction of sp³-hybridized carbons (Fsp3) is 0.294. The molecule has 0 radical (unpaired) electrons. The third-order valence-electron chi connectivity index (χ3n) is 3.78. The highest BCUT2D eigenvalue weighted by Crippen LogP contribution is 2.30. The molecule has 2 aromatic rings. The van der Waals surface area contributed by atoms with E-state index in [0.717, 1.165) is 12.2 Å². The Morgan fingerprint density at radius 3 is 2.96 bits per heavy atom. The number of amides is 2. The van der Waals surface area contributed by atoms with Gasteiger partial charge in [0.2, 0.25) is 11.8 Å². The Morgan fingerprint density at radius 2 is 2.23 bits per heavy atom. The number of benzene rings is 1. The Balaban J connectivity index is 1.91. The number of H-pyrrole nitrogens is 1. The monoisotopic (exact) mass is 392 g/mol. The van der Waals surface area contributed by atoms with Crippen molar-refractivity contribution in [3.8, 4) is 0 Å². The Kier molecular flexibility index (Phi) is 5.63. The maximum atomic E-state index is 12.7. The first kappa shape index (κ1) is 18.5. The van der Waals surface area contributed by atoms with Gasteiger partial charge in [0.15, 0.2) is 5.16 Å². The number of hydrogen-bond donors (Lipinski definition) is 3. The van der Waals surface area contributed by atoms with Crippen molar-refractivity contribution in [2.45, 2.75) is 30.8 Å². The fourth-order valence-corrected chi connectivity index (χ4v) is 3.55. The molecule has 0 bridgehead atoms. The number of carbonyl (C=O) groups excluding carboxylic acids is 2. The van der Waals surface area contributed by atoms with Gasteiger partial charge in [-0.1, -0.05) is 36.4 Å². The van der Waals surface area contributed by atoms with E-state index in [1.807, 2.05) is 6.92 Å². The number of carbonyl (C=O) groups is 2. The molecule has 1 aliphatic rings. The number of thioether (sulfide) groups is 1. The van der Waals surface area contributed by atoms with Crippen LogP contribution in [0.15, 0.2) is 34.2 Å². The summed E-state index contributed by atoms with van der Waals surface area (Å²) >= 11 is 7.31. The van der Waals surface area contributed by atoms with Crippen LogP contribution in [-0.2, 0) is 9.59 Å². The van der Waals surface area contributed by atoms with Crippen molar-refractivity contribution in [1.29, 1.82) is 0 Å². The second-order valence-corrected chi connectivity index (χ2v) is 7.31. The molecule has 2 heterocycles. The van der Waals surface area contributed by atoms with Crippen LogP contribution < -0.4 is 16.2 Å². The molecule has 0 fully saturated rings. The molecule has 136 valence electrons. The molecule has 0 saturated carbocycles. The van der Waals surface area contributed by atoms with E-state index in [1.165, 1.54) is 11.8 Å². The van der Waals surface area contributed by atoms with E-state index >= 15 is 0 Å². The van der Waals surface area contributed by atoms with Crippen LogP contribution in [0, 0.1) is 0 Å². The van der Waals surface area contributed by atoms with E-state index in [-0.39, 0.29) is 23.7 Å². The second-order valence-electron chi connectivity index (χ2n) is 5.79. The summed E-state index contributed by atoms with van der Waals surface area (Å²) in [5.74, 6) is -0.791. The molecule has 2 amide bonds. The Bertz CT molecular complexity index is 915. The number of aromatic nitrogens is 2. The Morgan fingerprint density at radius 1 is 1.42 bits per heavy atom. The van der Waals surface area contributed by atoms with Crippen LogP contribution in [0.4, 0.5) is 11.5 Å². The van der Waals surface area contributed by atoms with E-state index in [1.54, 1.807) is 24.3 Å². The van der Waals surface area contributed by atoms with Gasteiger partial charge in [-0.25, -0.2) is 4.98 Å². The molecule has 7 nitrogen and oxygen atoms in total. The predicted molar refractivity (Wildman–Crippen MR) is 102 cm³/mol. The minimum Gasteiger partial charge on any atom is -0.325 e. The molecule has 1 aromatic heterocycles. The zero-order valence-corrected chi connectivity index (χ0v) is 15.5. The fourth-order valence-electron chi connectivity index (χ4n) is 2.64. The third-order valence-corrected chi connectivity index (χ3v) is 5.10. The number of rotatable bonds is 5. The normalized spacial score (nSPS) is 15.9. The van der Waals surface area contributed by atoms with Crippen LogP contribution in [0.3, 0.4) is 0 Å². The number of halogens is 1. The molecule has 1 unspecified atom stereocenters. The predicted octanol–water partition coefficient (Wildman–Crippen LogP) is 2.99. The molecule has 1 aliphatic heterocycles. The summed E-state index contributed by atoms with van der Waals surface area (Å²) in [5, 5.41) is 6.19. The van der Waals surface area contributed by atoms with E-state index in [9.17, 15) is 14.4 Å². The van der Waals surface area contributed by atoms with Crippen LogP contribution in [0.1, 0.15) is 31.2 Å². The molecule has 1 atom stereocenters. The lowest BCUT2D eigenvalue weighted by Crippen LogP contribution is -2.36. The van der Waals surface area contributed by atoms with Crippen molar-refractivity contribution < 1.29 is 9.59 Å². The minimum atomic E-state index is -0.917. The highest BCUT2D eigenvalue weighted by atomic mass is 35.5. The van der Waals surface area contributed by atoms with Gasteiger partial charge in [0, 0.05) is 22.9 Å². The zero-order valence-electron chi connectivity index (χ0n) is 14.0. The standard InChI is InChI=1S/C17H17ClN4O3S/c1-2-6-26-17-21-14-13(16(25)22-17)11(8-12(23)20-14)15(24)19-10-5-3-4-9(18)7-10/h3-5,7,11H,2,6,8H2,1H3,(H,19,24)(H2,20,21,22,23,25). The largest absolute Gasteiger partial charge is 0.325 e. The van der Waals surface area contributed by atoms with Gasteiger partial charge in [-0.15, -0.1) is 0 Å². The summed E-state index contributed by atoms with van der Waals surface area (Å²) < 4.78 is 0. The van der Waals surface area contributed by atoms with Crippen molar-refractivity contribution >= 4 is 46.7 Å². The van der Waals surface area contributed by atoms with Crippen LogP contribution in [0.5, 0.6) is 0 Å². The van der Waals surface area contributed by atoms with Gasteiger partial charge in [0.25, 0.3) is 5.56 Å². The van der Waals surface area contributed by atoms with E-state index < -0.39 is 17.4 Å². The second kappa shape index (κ2) is 7.92. The molecule has 9 heteroatoms. The highest BCUT2D eigenvalue weighted by Gasteiger charge is 2.34. The maximum absolute atomic E-state index is 12.7. The number of nitrogens with one attached hydrogen (secondary N) is 3. The third kappa shape index (κ3) is 4.08. The quantitative estimate of drug-likeness (QED) is 0.536. The molecule has 0 saturated heterocycles. The van der Waals surface area contributed by atoms with Crippen LogP contribution in [-0.4, -0.2) is 27.5 Å². The Labute approximate surface area is 158 Å². The molecule has 1 aromatic carbocycles. The first-order chi connectivity index (χ1) is 12.5. The van der Waals surface area contributed by atoms with Gasteiger partial charge in [-0.2, -0.15) is 0 Å². The minimum absolute atomic E-state index is 0.119. The SMILES string of the molecule is CCCSc1nc2c(c(=O)[nH]1)C(C(=O)Nc1cccc(Cl)c1)CC(=O)N2. The van der Waals surface area contributed by atoms with Crippen molar-refractivity contribution in [2.24, 2.45) is 0 Å². The average Bonchev–Trinajstić information content (AvgIpc) is 2.58. The lowest BCUT2D eigenvalue weighted by Gasteiger charge is -2.23. The highest BCUT2D eigenvalue weighted by molar-refractivity contribution is 7.99. The van der Waals surface area contributed by atoms with E-state index in [4.69, 9.17) is 11.6 Å². The number of anilines is 2. The lowest BCUT2D eigenvalue weighted by atomic mass is 9.92. The Hall–Kier alpha value is -2.32. The van der Waals surface area contributed by atoms with Crippen LogP contribution in [0.25, 0.3) is 0 Å². The summed E-state index contributed by atoms with van der Waals surface area (Å²) in [6.45, 7) is 2.02. The van der Waals surface area contributed by atoms with Crippen molar-refractivity contribution in [3.05, 3.63) is 45.2 Å². The lowest BCUT2D eigenvalue weighted by molar-refractivity contribution is -0.123. The smallest absolute Gasteiger partial charge is 0.257 e. The van der Waals surface area contributed by atoms with Gasteiger partial charge in [-0.05, 0) is 24.6 Å². The molecule has 0 spiro atoms. The summed E-state index contributed by atoms with van der Waals surface area (Å²) in [7, 11) is 0. The number of nitrogens with zero attached hydrogens (tertiary/aromatic N) is 1. The van der Waals surface area contributed by atoms with Gasteiger partial charge < -0.3 is 15.6 Å². The molecule has 3 N–H and O–H groups in total. The van der Waals surface area contributed by atoms with Gasteiger partial charge in [0.05, 0.1) is 11.5 Å². The van der Waals surface area contributed by atoms with Crippen molar-refractivity contribution in [1.82, 2.24) is 9.97 Å². The number of hydrogen-bond acceptors (Lipinski definition) is 5. The van der Waals surface area contributed by atoms with Crippen LogP contribution in [0.2, 0.25) is 5.02 Å². The summed E-state index contributed by atoms with van der Waals surface area (Å²) in [5.41, 5.74) is 0.249. The number of aromatic amines is 1. The maximum Gasteiger partial charge on any atom is 0.257 e. The first-order valence-electron chi connectivity index (χ1n) is 8.11. The summed E-state index contributed by atoms with van der Waals surface area (Å²) in [6, 6.07) is 6.66. The first-order valence-corrected chi connectivity index (χ1v) is 9.47. The summed E-state index contributed by atoms with van der Waals surface area (Å²) in [4.78, 5) is 44.2. The van der Waals surface area contributed by atoms with E-state index in [0.29, 0.717) is 15.9 Å². The average molecular weight is 393 g/mol. The van der Waals surface area contributed by atoms with Crippen LogP contribution >= 0.6 is 23.4 Å². The van der Waals surface area contributed by atoms with E-state index in [2.05, 4.69) is 20.6 Å². The van der Waals surface area contributed by atoms with Gasteiger partial charge >= 0.3 is 0 Å². The molecule has 3 rings (SSSR count). The van der Waals surface area contributed by atoms with Crippen molar-refractivity contribution in [3.63, 3.8) is 0 Å². The molecular weight excluding hydrogens is 376 g/mol. The molecular formula is C17H17ClN4O3S. The van der Waals surface area contributed by atoms with Gasteiger partial charge in [0.1, 0.15) is 5.82 Å². The zero-order chi connectivity index (χ0) is 18.7. The molecule has 26 heavy (non-hydrogen) atoms. The molecule has 0 aliphatic carbocycles. The topological polar surface area (TPSA) is 104 Å². The van der Waals surface area contributed by atoms with Gasteiger partial charge in [-0.3, -0.25) is 14.4 Å².